The maximum absolute atomic E-state index is 12.6. The third-order valence-corrected chi connectivity index (χ3v) is 4.90. The van der Waals surface area contributed by atoms with Crippen LogP contribution >= 0.6 is 0 Å². The molecule has 2 heterocycles. The zero-order chi connectivity index (χ0) is 17.8. The minimum Gasteiger partial charge on any atom is -0.493 e. The SMILES string of the molecule is O=C(CCOc1ccccc1)N1CCCC(c2nc3ccccc3[nH]2)C1. The lowest BCUT2D eigenvalue weighted by atomic mass is 9.97. The Morgan fingerprint density at radius 1 is 1.15 bits per heavy atom. The Bertz CT molecular complexity index is 842. The fourth-order valence-electron chi connectivity index (χ4n) is 3.52. The number of likely N-dealkylation sites (tertiary alicyclic amines) is 1. The molecule has 2 aromatic carbocycles. The van der Waals surface area contributed by atoms with Crippen molar-refractivity contribution in [1.82, 2.24) is 14.9 Å². The van der Waals surface area contributed by atoms with Crippen LogP contribution in [0.15, 0.2) is 54.6 Å². The number of aromatic nitrogens is 2. The molecule has 5 nitrogen and oxygen atoms in total. The van der Waals surface area contributed by atoms with E-state index in [4.69, 9.17) is 9.72 Å². The van der Waals surface area contributed by atoms with E-state index in [-0.39, 0.29) is 11.8 Å². The number of carbonyl (C=O) groups excluding carboxylic acids is 1. The normalized spacial score (nSPS) is 17.4. The van der Waals surface area contributed by atoms with Gasteiger partial charge in [-0.25, -0.2) is 4.98 Å². The first-order valence-electron chi connectivity index (χ1n) is 9.20. The van der Waals surface area contributed by atoms with Gasteiger partial charge in [0.05, 0.1) is 24.1 Å². The highest BCUT2D eigenvalue weighted by atomic mass is 16.5. The van der Waals surface area contributed by atoms with Crippen LogP contribution in [0.3, 0.4) is 0 Å². The molecule has 1 atom stereocenters. The lowest BCUT2D eigenvalue weighted by Crippen LogP contribution is -2.39. The number of carbonyl (C=O) groups is 1. The van der Waals surface area contributed by atoms with Crippen LogP contribution in [0.25, 0.3) is 11.0 Å². The monoisotopic (exact) mass is 349 g/mol. The molecule has 1 aromatic heterocycles. The van der Waals surface area contributed by atoms with Gasteiger partial charge in [-0.2, -0.15) is 0 Å². The molecule has 134 valence electrons. The van der Waals surface area contributed by atoms with Crippen LogP contribution in [0, 0.1) is 0 Å². The van der Waals surface area contributed by atoms with Crippen LogP contribution in [0.1, 0.15) is 31.0 Å². The van der Waals surface area contributed by atoms with Crippen molar-refractivity contribution < 1.29 is 9.53 Å². The molecule has 5 heteroatoms. The van der Waals surface area contributed by atoms with E-state index in [2.05, 4.69) is 4.98 Å². The summed E-state index contributed by atoms with van der Waals surface area (Å²) in [5, 5.41) is 0. The van der Waals surface area contributed by atoms with Crippen LogP contribution in [0.2, 0.25) is 0 Å². The lowest BCUT2D eigenvalue weighted by molar-refractivity contribution is -0.132. The van der Waals surface area contributed by atoms with Crippen LogP contribution < -0.4 is 4.74 Å². The standard InChI is InChI=1S/C21H23N3O2/c25-20(12-14-26-17-8-2-1-3-9-17)24-13-6-7-16(15-24)21-22-18-10-4-5-11-19(18)23-21/h1-5,8-11,16H,6-7,12-15H2,(H,22,23). The van der Waals surface area contributed by atoms with E-state index < -0.39 is 0 Å². The summed E-state index contributed by atoms with van der Waals surface area (Å²) in [6, 6.07) is 17.7. The number of amides is 1. The first-order chi connectivity index (χ1) is 12.8. The average Bonchev–Trinajstić information content (AvgIpc) is 3.13. The molecule has 1 saturated heterocycles. The summed E-state index contributed by atoms with van der Waals surface area (Å²) in [6.07, 6.45) is 2.47. The Balaban J connectivity index is 1.34. The predicted octanol–water partition coefficient (Wildman–Crippen LogP) is 3.74. The van der Waals surface area contributed by atoms with Crippen molar-refractivity contribution in [3.63, 3.8) is 0 Å². The number of aromatic amines is 1. The zero-order valence-corrected chi connectivity index (χ0v) is 14.7. The second-order valence-electron chi connectivity index (χ2n) is 6.73. The minimum absolute atomic E-state index is 0.154. The Morgan fingerprint density at radius 3 is 2.81 bits per heavy atom. The van der Waals surface area contributed by atoms with Crippen LogP contribution in [0.5, 0.6) is 5.75 Å². The van der Waals surface area contributed by atoms with Gasteiger partial charge in [-0.15, -0.1) is 0 Å². The van der Waals surface area contributed by atoms with Crippen molar-refractivity contribution >= 4 is 16.9 Å². The Kier molecular flexibility index (Phi) is 4.86. The van der Waals surface area contributed by atoms with Gasteiger partial charge in [-0.3, -0.25) is 4.79 Å². The number of benzene rings is 2. The number of H-pyrrole nitrogens is 1. The van der Waals surface area contributed by atoms with E-state index in [1.807, 2.05) is 59.5 Å². The fraction of sp³-hybridized carbons (Fsp3) is 0.333. The molecular formula is C21H23N3O2. The maximum Gasteiger partial charge on any atom is 0.226 e. The van der Waals surface area contributed by atoms with Gasteiger partial charge in [0.15, 0.2) is 0 Å². The summed E-state index contributed by atoms with van der Waals surface area (Å²) in [7, 11) is 0. The van der Waals surface area contributed by atoms with E-state index in [9.17, 15) is 4.79 Å². The number of nitrogens with one attached hydrogen (secondary N) is 1. The molecule has 0 saturated carbocycles. The molecular weight excluding hydrogens is 326 g/mol. The highest BCUT2D eigenvalue weighted by Gasteiger charge is 2.26. The third-order valence-electron chi connectivity index (χ3n) is 4.90. The molecule has 1 amide bonds. The van der Waals surface area contributed by atoms with Gasteiger partial charge in [0.25, 0.3) is 0 Å². The van der Waals surface area contributed by atoms with E-state index in [0.717, 1.165) is 48.5 Å². The molecule has 4 rings (SSSR count). The lowest BCUT2D eigenvalue weighted by Gasteiger charge is -2.32. The van der Waals surface area contributed by atoms with E-state index in [1.165, 1.54) is 0 Å². The quantitative estimate of drug-likeness (QED) is 0.763. The molecule has 3 aromatic rings. The highest BCUT2D eigenvalue weighted by molar-refractivity contribution is 5.77. The Hall–Kier alpha value is -2.82. The minimum atomic E-state index is 0.154. The Morgan fingerprint density at radius 2 is 1.96 bits per heavy atom. The van der Waals surface area contributed by atoms with Gasteiger partial charge in [-0.05, 0) is 37.1 Å². The number of fused-ring (bicyclic) bond motifs is 1. The molecule has 1 unspecified atom stereocenters. The number of para-hydroxylation sites is 3. The van der Waals surface area contributed by atoms with Gasteiger partial charge in [0, 0.05) is 19.0 Å². The molecule has 1 aliphatic rings. The molecule has 1 fully saturated rings. The number of ether oxygens (including phenoxy) is 1. The number of rotatable bonds is 5. The topological polar surface area (TPSA) is 58.2 Å². The van der Waals surface area contributed by atoms with E-state index in [1.54, 1.807) is 0 Å². The molecule has 0 aliphatic carbocycles. The summed E-state index contributed by atoms with van der Waals surface area (Å²) in [6.45, 7) is 1.96. The summed E-state index contributed by atoms with van der Waals surface area (Å²) < 4.78 is 5.65. The molecule has 0 bridgehead atoms. The van der Waals surface area contributed by atoms with Crippen LogP contribution in [-0.2, 0) is 4.79 Å². The van der Waals surface area contributed by atoms with E-state index >= 15 is 0 Å². The molecule has 1 N–H and O–H groups in total. The summed E-state index contributed by atoms with van der Waals surface area (Å²) in [4.78, 5) is 22.6. The third kappa shape index (κ3) is 3.72. The summed E-state index contributed by atoms with van der Waals surface area (Å²) >= 11 is 0. The molecule has 0 radical (unpaired) electrons. The van der Waals surface area contributed by atoms with E-state index in [0.29, 0.717) is 13.0 Å². The average molecular weight is 349 g/mol. The number of hydrogen-bond acceptors (Lipinski definition) is 3. The second-order valence-corrected chi connectivity index (χ2v) is 6.73. The van der Waals surface area contributed by atoms with Crippen molar-refractivity contribution in [3.8, 4) is 5.75 Å². The number of piperidine rings is 1. The van der Waals surface area contributed by atoms with Crippen LogP contribution in [0.4, 0.5) is 0 Å². The number of nitrogens with zero attached hydrogens (tertiary/aromatic N) is 2. The number of imidazole rings is 1. The summed E-state index contributed by atoms with van der Waals surface area (Å²) in [5.41, 5.74) is 2.05. The van der Waals surface area contributed by atoms with Crippen molar-refractivity contribution in [2.24, 2.45) is 0 Å². The largest absolute Gasteiger partial charge is 0.493 e. The zero-order valence-electron chi connectivity index (χ0n) is 14.7. The van der Waals surface area contributed by atoms with Crippen LogP contribution in [-0.4, -0.2) is 40.5 Å². The molecule has 26 heavy (non-hydrogen) atoms. The smallest absolute Gasteiger partial charge is 0.226 e. The Labute approximate surface area is 153 Å². The highest BCUT2D eigenvalue weighted by Crippen LogP contribution is 2.27. The number of hydrogen-bond donors (Lipinski definition) is 1. The van der Waals surface area contributed by atoms with Gasteiger partial charge in [0.1, 0.15) is 11.6 Å². The van der Waals surface area contributed by atoms with Crippen molar-refractivity contribution in [1.29, 1.82) is 0 Å². The van der Waals surface area contributed by atoms with Gasteiger partial charge in [0.2, 0.25) is 5.91 Å². The van der Waals surface area contributed by atoms with Gasteiger partial charge in [-0.1, -0.05) is 30.3 Å². The van der Waals surface area contributed by atoms with Crippen molar-refractivity contribution in [3.05, 3.63) is 60.4 Å². The second kappa shape index (κ2) is 7.60. The predicted molar refractivity (Wildman–Crippen MR) is 101 cm³/mol. The van der Waals surface area contributed by atoms with Gasteiger partial charge >= 0.3 is 0 Å². The molecule has 1 aliphatic heterocycles. The van der Waals surface area contributed by atoms with Crippen molar-refractivity contribution in [2.75, 3.05) is 19.7 Å². The maximum atomic E-state index is 12.6. The molecule has 0 spiro atoms. The van der Waals surface area contributed by atoms with Crippen molar-refractivity contribution in [2.45, 2.75) is 25.2 Å². The fourth-order valence-corrected chi connectivity index (χ4v) is 3.52. The first-order valence-corrected chi connectivity index (χ1v) is 9.20. The summed E-state index contributed by atoms with van der Waals surface area (Å²) in [5.74, 6) is 2.22. The first kappa shape index (κ1) is 16.6. The van der Waals surface area contributed by atoms with Gasteiger partial charge < -0.3 is 14.6 Å².